The van der Waals surface area contributed by atoms with E-state index in [9.17, 15) is 19.5 Å². The van der Waals surface area contributed by atoms with Crippen molar-refractivity contribution in [2.24, 2.45) is 11.8 Å². The molecule has 1 spiro atoms. The number of fused-ring (bicyclic) bond motifs is 3. The fourth-order valence-corrected chi connectivity index (χ4v) is 7.76. The van der Waals surface area contributed by atoms with Gasteiger partial charge in [-0.25, -0.2) is 4.79 Å². The van der Waals surface area contributed by atoms with E-state index < -0.39 is 23.3 Å². The van der Waals surface area contributed by atoms with E-state index in [4.69, 9.17) is 23.2 Å². The van der Waals surface area contributed by atoms with Crippen molar-refractivity contribution in [1.82, 2.24) is 9.80 Å². The Morgan fingerprint density at radius 1 is 0.976 bits per heavy atom. The zero-order valence-electron chi connectivity index (χ0n) is 22.2. The summed E-state index contributed by atoms with van der Waals surface area (Å²) >= 11 is 12.9. The molecule has 7 rings (SSSR count). The molecule has 4 aliphatic rings. The van der Waals surface area contributed by atoms with Crippen molar-refractivity contribution < 1.29 is 19.5 Å². The number of anilines is 1. The molecule has 3 aromatic rings. The summed E-state index contributed by atoms with van der Waals surface area (Å²) in [4.78, 5) is 44.4. The molecule has 9 heteroatoms. The SMILES string of the molecule is O=C(O)c1ccc(CN2CC[C@H]3[C@@H](C2=O)[C@H](c2cccc(Cl)c2)[C@]2(C(=O)Nc4cc(Cl)ccc42)N3CC2CC2)cc1. The van der Waals surface area contributed by atoms with Crippen LogP contribution in [0.1, 0.15) is 52.2 Å². The third-order valence-corrected chi connectivity index (χ3v) is 9.76. The largest absolute Gasteiger partial charge is 0.478 e. The highest BCUT2D eigenvalue weighted by Crippen LogP contribution is 2.62. The Balaban J connectivity index is 1.35. The van der Waals surface area contributed by atoms with Crippen molar-refractivity contribution in [2.45, 2.75) is 43.3 Å². The summed E-state index contributed by atoms with van der Waals surface area (Å²) in [5.41, 5.74) is 2.41. The highest BCUT2D eigenvalue weighted by atomic mass is 35.5. The second kappa shape index (κ2) is 9.86. The first-order chi connectivity index (χ1) is 19.8. The summed E-state index contributed by atoms with van der Waals surface area (Å²) in [5, 5.41) is 13.5. The van der Waals surface area contributed by atoms with Crippen LogP contribution in [0.3, 0.4) is 0 Å². The van der Waals surface area contributed by atoms with Gasteiger partial charge in [0.15, 0.2) is 0 Å². The highest BCUT2D eigenvalue weighted by Gasteiger charge is 2.69. The first kappa shape index (κ1) is 26.5. The van der Waals surface area contributed by atoms with Crippen LogP contribution in [0.5, 0.6) is 0 Å². The number of piperidine rings is 1. The number of rotatable bonds is 6. The molecule has 2 N–H and O–H groups in total. The Morgan fingerprint density at radius 3 is 2.44 bits per heavy atom. The lowest BCUT2D eigenvalue weighted by atomic mass is 9.70. The molecule has 3 fully saturated rings. The van der Waals surface area contributed by atoms with Gasteiger partial charge in [0.25, 0.3) is 0 Å². The van der Waals surface area contributed by atoms with Crippen molar-refractivity contribution in [3.05, 3.63) is 99.0 Å². The van der Waals surface area contributed by atoms with Gasteiger partial charge >= 0.3 is 5.97 Å². The van der Waals surface area contributed by atoms with E-state index in [0.29, 0.717) is 34.7 Å². The highest BCUT2D eigenvalue weighted by molar-refractivity contribution is 6.31. The normalized spacial score (nSPS) is 27.2. The number of carbonyl (C=O) groups is 3. The third kappa shape index (κ3) is 4.25. The molecule has 1 saturated carbocycles. The predicted molar refractivity (Wildman–Crippen MR) is 156 cm³/mol. The molecule has 210 valence electrons. The first-order valence-electron chi connectivity index (χ1n) is 14.0. The molecule has 0 aromatic heterocycles. The van der Waals surface area contributed by atoms with Crippen LogP contribution in [0.25, 0.3) is 0 Å². The van der Waals surface area contributed by atoms with Crippen LogP contribution in [0.4, 0.5) is 5.69 Å². The van der Waals surface area contributed by atoms with Crippen molar-refractivity contribution in [1.29, 1.82) is 0 Å². The van der Waals surface area contributed by atoms with E-state index >= 15 is 0 Å². The molecule has 41 heavy (non-hydrogen) atoms. The molecule has 3 aromatic carbocycles. The average Bonchev–Trinajstić information content (AvgIpc) is 3.66. The fraction of sp³-hybridized carbons (Fsp3) is 0.344. The van der Waals surface area contributed by atoms with E-state index in [-0.39, 0.29) is 23.4 Å². The van der Waals surface area contributed by atoms with Gasteiger partial charge in [-0.3, -0.25) is 14.5 Å². The maximum Gasteiger partial charge on any atom is 0.335 e. The number of hydrogen-bond acceptors (Lipinski definition) is 4. The zero-order valence-corrected chi connectivity index (χ0v) is 23.7. The number of nitrogens with zero attached hydrogens (tertiary/aromatic N) is 2. The van der Waals surface area contributed by atoms with Crippen LogP contribution >= 0.6 is 23.2 Å². The van der Waals surface area contributed by atoms with Crippen LogP contribution in [-0.4, -0.2) is 51.8 Å². The quantitative estimate of drug-likeness (QED) is 0.381. The second-order valence-corrected chi connectivity index (χ2v) is 12.6. The van der Waals surface area contributed by atoms with Gasteiger partial charge in [0.2, 0.25) is 11.8 Å². The zero-order chi connectivity index (χ0) is 28.5. The lowest BCUT2D eigenvalue weighted by Gasteiger charge is -2.40. The van der Waals surface area contributed by atoms with Gasteiger partial charge in [-0.1, -0.05) is 53.5 Å². The number of carboxylic acid groups (broad SMARTS) is 1. The van der Waals surface area contributed by atoms with Crippen LogP contribution in [0, 0.1) is 11.8 Å². The Morgan fingerprint density at radius 2 is 1.73 bits per heavy atom. The second-order valence-electron chi connectivity index (χ2n) is 11.7. The van der Waals surface area contributed by atoms with Crippen LogP contribution in [0.2, 0.25) is 10.0 Å². The lowest BCUT2D eigenvalue weighted by Crippen LogP contribution is -2.54. The molecule has 3 heterocycles. The Labute approximate surface area is 248 Å². The summed E-state index contributed by atoms with van der Waals surface area (Å²) in [6, 6.07) is 19.7. The topological polar surface area (TPSA) is 90.0 Å². The number of amides is 2. The van der Waals surface area contributed by atoms with Gasteiger partial charge in [-0.05, 0) is 72.7 Å². The minimum Gasteiger partial charge on any atom is -0.478 e. The number of carbonyl (C=O) groups excluding carboxylic acids is 2. The van der Waals surface area contributed by atoms with E-state index in [2.05, 4.69) is 10.2 Å². The molecular formula is C32H29Cl2N3O4. The summed E-state index contributed by atoms with van der Waals surface area (Å²) in [5.74, 6) is -1.54. The molecule has 7 nitrogen and oxygen atoms in total. The van der Waals surface area contributed by atoms with E-state index in [1.54, 1.807) is 30.3 Å². The van der Waals surface area contributed by atoms with Crippen molar-refractivity contribution in [3.63, 3.8) is 0 Å². The first-order valence-corrected chi connectivity index (χ1v) is 14.8. The molecule has 2 saturated heterocycles. The van der Waals surface area contributed by atoms with Gasteiger partial charge in [-0.2, -0.15) is 0 Å². The van der Waals surface area contributed by atoms with Crippen molar-refractivity contribution in [2.75, 3.05) is 18.4 Å². The average molecular weight is 591 g/mol. The Kier molecular flexibility index (Phi) is 6.38. The molecule has 3 aliphatic heterocycles. The van der Waals surface area contributed by atoms with E-state index in [0.717, 1.165) is 42.5 Å². The molecule has 4 atom stereocenters. The maximum absolute atomic E-state index is 14.5. The number of benzene rings is 3. The summed E-state index contributed by atoms with van der Waals surface area (Å²) in [6.07, 6.45) is 2.96. The Bertz CT molecular complexity index is 1570. The number of halogens is 2. The number of nitrogens with one attached hydrogen (secondary N) is 1. The summed E-state index contributed by atoms with van der Waals surface area (Å²) < 4.78 is 0. The van der Waals surface area contributed by atoms with E-state index in [1.807, 2.05) is 41.3 Å². The number of carboxylic acids is 1. The number of aromatic carboxylic acids is 1. The van der Waals surface area contributed by atoms with Crippen LogP contribution in [-0.2, 0) is 21.7 Å². The molecule has 2 amide bonds. The number of hydrogen-bond donors (Lipinski definition) is 2. The Hall–Kier alpha value is -3.39. The summed E-state index contributed by atoms with van der Waals surface area (Å²) in [6.45, 7) is 1.67. The molecule has 0 radical (unpaired) electrons. The standard InChI is InChI=1S/C32H29Cl2N3O4/c33-22-3-1-2-21(14-22)28-27-26(12-13-36(29(27)38)16-18-6-8-20(9-7-18)30(39)40)37(17-19-4-5-19)32(28)24-11-10-23(34)15-25(24)35-31(32)41/h1-3,6-11,14-15,19,26-28H,4-5,12-13,16-17H2,(H,35,41)(H,39,40)/t26-,27+,28-,32+/m0/s1. The van der Waals surface area contributed by atoms with Crippen molar-refractivity contribution in [3.8, 4) is 0 Å². The van der Waals surface area contributed by atoms with Crippen molar-refractivity contribution >= 4 is 46.7 Å². The van der Waals surface area contributed by atoms with Crippen LogP contribution in [0.15, 0.2) is 66.7 Å². The van der Waals surface area contributed by atoms with Crippen LogP contribution < -0.4 is 5.32 Å². The lowest BCUT2D eigenvalue weighted by molar-refractivity contribution is -0.141. The number of likely N-dealkylation sites (tertiary alicyclic amines) is 2. The smallest absolute Gasteiger partial charge is 0.335 e. The molecular weight excluding hydrogens is 561 g/mol. The van der Waals surface area contributed by atoms with E-state index in [1.165, 1.54) is 0 Å². The third-order valence-electron chi connectivity index (χ3n) is 9.29. The fourth-order valence-electron chi connectivity index (χ4n) is 7.39. The summed E-state index contributed by atoms with van der Waals surface area (Å²) in [7, 11) is 0. The van der Waals surface area contributed by atoms with Gasteiger partial charge in [0.1, 0.15) is 5.54 Å². The van der Waals surface area contributed by atoms with Gasteiger partial charge in [-0.15, -0.1) is 0 Å². The molecule has 1 aliphatic carbocycles. The monoisotopic (exact) mass is 589 g/mol. The minimum atomic E-state index is -1.07. The van der Waals surface area contributed by atoms with Gasteiger partial charge in [0.05, 0.1) is 11.5 Å². The van der Waals surface area contributed by atoms with Gasteiger partial charge in [0, 0.05) is 52.9 Å². The minimum absolute atomic E-state index is 0.00132. The maximum atomic E-state index is 14.5. The van der Waals surface area contributed by atoms with Gasteiger partial charge < -0.3 is 15.3 Å². The predicted octanol–water partition coefficient (Wildman–Crippen LogP) is 5.77. The molecule has 0 unspecified atom stereocenters. The molecule has 0 bridgehead atoms.